The molecule has 2 fully saturated rings. The lowest BCUT2D eigenvalue weighted by atomic mass is 9.82. The number of aliphatic carboxylic acids is 1. The summed E-state index contributed by atoms with van der Waals surface area (Å²) in [5, 5.41) is 14.9. The number of alkyl carbamates (subject to hydrolysis) is 1. The summed E-state index contributed by atoms with van der Waals surface area (Å²) >= 11 is 0. The van der Waals surface area contributed by atoms with Crippen LogP contribution in [0.5, 0.6) is 0 Å². The number of carbonyl (C=O) groups is 3. The minimum absolute atomic E-state index is 0.0122. The van der Waals surface area contributed by atoms with E-state index >= 15 is 0 Å². The van der Waals surface area contributed by atoms with Crippen LogP contribution in [-0.4, -0.2) is 42.3 Å². The lowest BCUT2D eigenvalue weighted by molar-refractivity contribution is -0.139. The van der Waals surface area contributed by atoms with Crippen LogP contribution in [0.15, 0.2) is 48.5 Å². The second kappa shape index (κ2) is 10.1. The van der Waals surface area contributed by atoms with Gasteiger partial charge in [0.05, 0.1) is 5.92 Å². The highest BCUT2D eigenvalue weighted by Crippen LogP contribution is 2.44. The Hall–Kier alpha value is -3.35. The van der Waals surface area contributed by atoms with Crippen molar-refractivity contribution in [2.24, 2.45) is 17.8 Å². The first-order chi connectivity index (χ1) is 17.0. The van der Waals surface area contributed by atoms with E-state index in [0.29, 0.717) is 19.4 Å². The first-order valence-corrected chi connectivity index (χ1v) is 12.6. The Labute approximate surface area is 205 Å². The zero-order valence-corrected chi connectivity index (χ0v) is 19.7. The van der Waals surface area contributed by atoms with Gasteiger partial charge in [-0.3, -0.25) is 9.59 Å². The van der Waals surface area contributed by atoms with E-state index in [4.69, 9.17) is 9.84 Å². The third-order valence-electron chi connectivity index (χ3n) is 7.80. The molecule has 0 radical (unpaired) electrons. The zero-order valence-electron chi connectivity index (χ0n) is 19.7. The molecule has 5 rings (SSSR count). The average Bonchev–Trinajstić information content (AvgIpc) is 3.58. The van der Waals surface area contributed by atoms with Crippen molar-refractivity contribution in [2.75, 3.05) is 13.2 Å². The van der Waals surface area contributed by atoms with Gasteiger partial charge in [0.15, 0.2) is 0 Å². The number of amides is 2. The van der Waals surface area contributed by atoms with Crippen LogP contribution in [-0.2, 0) is 14.3 Å². The van der Waals surface area contributed by atoms with Gasteiger partial charge in [0.25, 0.3) is 0 Å². The smallest absolute Gasteiger partial charge is 0.407 e. The standard InChI is InChI=1S/C28H32N2O5/c31-26(29-15-18-13-23(18)27(32)33)14-17-7-1-6-12-25(17)30-28(34)35-16-24-21-10-4-2-8-19(21)20-9-3-5-11-22(20)24/h2-5,8-11,17-18,23-25H,1,6-7,12-16H2,(H,29,31)(H,30,34)(H,32,33)/t17-,18?,23?,25-/m1/s1. The Bertz CT molecular complexity index is 1070. The van der Waals surface area contributed by atoms with Crippen molar-refractivity contribution in [1.82, 2.24) is 10.6 Å². The zero-order chi connectivity index (χ0) is 24.4. The molecule has 0 bridgehead atoms. The number of carboxylic acids is 1. The van der Waals surface area contributed by atoms with Crippen LogP contribution in [0.1, 0.15) is 55.6 Å². The van der Waals surface area contributed by atoms with Crippen molar-refractivity contribution in [2.45, 2.75) is 50.5 Å². The Balaban J connectivity index is 1.13. The normalized spacial score (nSPS) is 24.7. The van der Waals surface area contributed by atoms with Gasteiger partial charge >= 0.3 is 12.1 Å². The number of hydrogen-bond donors (Lipinski definition) is 3. The van der Waals surface area contributed by atoms with Crippen LogP contribution in [0.3, 0.4) is 0 Å². The minimum atomic E-state index is -0.788. The van der Waals surface area contributed by atoms with E-state index in [-0.39, 0.29) is 42.2 Å². The lowest BCUT2D eigenvalue weighted by Gasteiger charge is -2.31. The van der Waals surface area contributed by atoms with Gasteiger partial charge in [0.1, 0.15) is 6.61 Å². The highest BCUT2D eigenvalue weighted by molar-refractivity contribution is 5.79. The fourth-order valence-corrected chi connectivity index (χ4v) is 5.76. The van der Waals surface area contributed by atoms with Gasteiger partial charge in [-0.15, -0.1) is 0 Å². The third kappa shape index (κ3) is 5.19. The van der Waals surface area contributed by atoms with Crippen molar-refractivity contribution in [1.29, 1.82) is 0 Å². The van der Waals surface area contributed by atoms with Gasteiger partial charge in [-0.1, -0.05) is 61.4 Å². The molecule has 0 saturated heterocycles. The lowest BCUT2D eigenvalue weighted by Crippen LogP contribution is -2.44. The number of hydrogen-bond acceptors (Lipinski definition) is 4. The molecule has 2 aromatic rings. The number of nitrogens with one attached hydrogen (secondary N) is 2. The number of benzene rings is 2. The van der Waals surface area contributed by atoms with Crippen molar-refractivity contribution < 1.29 is 24.2 Å². The van der Waals surface area contributed by atoms with Crippen LogP contribution >= 0.6 is 0 Å². The molecule has 3 aliphatic rings. The highest BCUT2D eigenvalue weighted by Gasteiger charge is 2.43. The summed E-state index contributed by atoms with van der Waals surface area (Å²) in [5.41, 5.74) is 4.73. The van der Waals surface area contributed by atoms with Crippen molar-refractivity contribution in [3.8, 4) is 11.1 Å². The van der Waals surface area contributed by atoms with E-state index in [1.807, 2.05) is 24.3 Å². The molecule has 0 aliphatic heterocycles. The number of rotatable bonds is 8. The Morgan fingerprint density at radius 3 is 2.23 bits per heavy atom. The molecule has 2 aromatic carbocycles. The first kappa shape index (κ1) is 23.4. The monoisotopic (exact) mass is 476 g/mol. The molecule has 0 heterocycles. The topological polar surface area (TPSA) is 105 Å². The van der Waals surface area contributed by atoms with Crippen molar-refractivity contribution in [3.63, 3.8) is 0 Å². The summed E-state index contributed by atoms with van der Waals surface area (Å²) in [4.78, 5) is 36.2. The molecule has 184 valence electrons. The molecule has 4 atom stereocenters. The summed E-state index contributed by atoms with van der Waals surface area (Å²) in [5.74, 6) is -1.08. The summed E-state index contributed by atoms with van der Waals surface area (Å²) in [6.45, 7) is 0.677. The van der Waals surface area contributed by atoms with E-state index in [9.17, 15) is 14.4 Å². The van der Waals surface area contributed by atoms with E-state index in [2.05, 4.69) is 34.9 Å². The molecule has 35 heavy (non-hydrogen) atoms. The quantitative estimate of drug-likeness (QED) is 0.527. The number of ether oxygens (including phenoxy) is 1. The number of carbonyl (C=O) groups excluding carboxylic acids is 2. The van der Waals surface area contributed by atoms with Gasteiger partial charge in [-0.2, -0.15) is 0 Å². The summed E-state index contributed by atoms with van der Waals surface area (Å²) in [6.07, 6.45) is 4.27. The van der Waals surface area contributed by atoms with Crippen LogP contribution < -0.4 is 10.6 Å². The Kier molecular flexibility index (Phi) is 6.75. The fourth-order valence-electron chi connectivity index (χ4n) is 5.76. The molecule has 3 aliphatic carbocycles. The van der Waals surface area contributed by atoms with Crippen molar-refractivity contribution in [3.05, 3.63) is 59.7 Å². The Morgan fingerprint density at radius 2 is 1.57 bits per heavy atom. The maximum absolute atomic E-state index is 12.8. The van der Waals surface area contributed by atoms with Gasteiger partial charge in [-0.25, -0.2) is 4.79 Å². The summed E-state index contributed by atoms with van der Waals surface area (Å²) < 4.78 is 5.71. The van der Waals surface area contributed by atoms with Gasteiger partial charge < -0.3 is 20.5 Å². The van der Waals surface area contributed by atoms with E-state index in [1.54, 1.807) is 0 Å². The predicted molar refractivity (Wildman–Crippen MR) is 131 cm³/mol. The molecular weight excluding hydrogens is 444 g/mol. The second-order valence-electron chi connectivity index (χ2n) is 10.1. The Morgan fingerprint density at radius 1 is 0.914 bits per heavy atom. The summed E-state index contributed by atoms with van der Waals surface area (Å²) in [7, 11) is 0. The molecule has 7 heteroatoms. The van der Waals surface area contributed by atoms with Crippen LogP contribution in [0.2, 0.25) is 0 Å². The largest absolute Gasteiger partial charge is 0.481 e. The van der Waals surface area contributed by atoms with Gasteiger partial charge in [-0.05, 0) is 53.4 Å². The van der Waals surface area contributed by atoms with Crippen LogP contribution in [0, 0.1) is 17.8 Å². The molecule has 0 aromatic heterocycles. The maximum atomic E-state index is 12.8. The number of fused-ring (bicyclic) bond motifs is 3. The second-order valence-corrected chi connectivity index (χ2v) is 10.1. The molecule has 2 saturated carbocycles. The molecule has 3 N–H and O–H groups in total. The SMILES string of the molecule is O=C(C[C@H]1CCCC[C@H]1NC(=O)OCC1c2ccccc2-c2ccccc21)NCC1CC1C(=O)O. The van der Waals surface area contributed by atoms with E-state index < -0.39 is 12.1 Å². The highest BCUT2D eigenvalue weighted by atomic mass is 16.5. The van der Waals surface area contributed by atoms with Crippen molar-refractivity contribution >= 4 is 18.0 Å². The molecule has 7 nitrogen and oxygen atoms in total. The predicted octanol–water partition coefficient (Wildman–Crippen LogP) is 4.31. The van der Waals surface area contributed by atoms with E-state index in [0.717, 1.165) is 25.7 Å². The number of carboxylic acid groups (broad SMARTS) is 1. The molecule has 2 amide bonds. The average molecular weight is 477 g/mol. The van der Waals surface area contributed by atoms with Crippen LogP contribution in [0.25, 0.3) is 11.1 Å². The molecular formula is C28H32N2O5. The molecule has 0 spiro atoms. The maximum Gasteiger partial charge on any atom is 0.407 e. The third-order valence-corrected chi connectivity index (χ3v) is 7.80. The van der Waals surface area contributed by atoms with Gasteiger partial charge in [0.2, 0.25) is 5.91 Å². The fraction of sp³-hybridized carbons (Fsp3) is 0.464. The molecule has 2 unspecified atom stereocenters. The minimum Gasteiger partial charge on any atom is -0.481 e. The summed E-state index contributed by atoms with van der Waals surface area (Å²) in [6, 6.07) is 16.4. The van der Waals surface area contributed by atoms with Crippen LogP contribution in [0.4, 0.5) is 4.79 Å². The van der Waals surface area contributed by atoms with Gasteiger partial charge in [0, 0.05) is 24.9 Å². The first-order valence-electron chi connectivity index (χ1n) is 12.6. The van der Waals surface area contributed by atoms with E-state index in [1.165, 1.54) is 22.3 Å².